The average molecular weight is 416 g/mol. The summed E-state index contributed by atoms with van der Waals surface area (Å²) in [6, 6.07) is 4.53. The highest BCUT2D eigenvalue weighted by molar-refractivity contribution is 7.89. The molecule has 1 amide bonds. The predicted molar refractivity (Wildman–Crippen MR) is 98.4 cm³/mol. The lowest BCUT2D eigenvalue weighted by Gasteiger charge is -2.29. The number of morpholine rings is 1. The van der Waals surface area contributed by atoms with E-state index >= 15 is 0 Å². The van der Waals surface area contributed by atoms with Crippen LogP contribution in [0.1, 0.15) is 19.8 Å². The Morgan fingerprint density at radius 3 is 2.46 bits per heavy atom. The Morgan fingerprint density at radius 1 is 1.25 bits per heavy atom. The second-order valence-corrected chi connectivity index (χ2v) is 8.50. The van der Waals surface area contributed by atoms with Gasteiger partial charge in [-0.05, 0) is 37.6 Å². The number of benzene rings is 1. The van der Waals surface area contributed by atoms with Crippen LogP contribution in [0.4, 0.5) is 4.39 Å². The molecule has 1 unspecified atom stereocenters. The van der Waals surface area contributed by atoms with Gasteiger partial charge in [0.15, 0.2) is 6.10 Å². The van der Waals surface area contributed by atoms with Gasteiger partial charge < -0.3 is 14.4 Å². The van der Waals surface area contributed by atoms with Gasteiger partial charge in [-0.25, -0.2) is 17.1 Å². The summed E-state index contributed by atoms with van der Waals surface area (Å²) in [6.45, 7) is 3.45. The van der Waals surface area contributed by atoms with Crippen LogP contribution in [0, 0.1) is 5.82 Å². The van der Waals surface area contributed by atoms with Crippen molar-refractivity contribution in [3.05, 3.63) is 30.1 Å². The molecule has 0 saturated carbocycles. The van der Waals surface area contributed by atoms with E-state index in [0.717, 1.165) is 16.4 Å². The first-order valence-corrected chi connectivity index (χ1v) is 10.4. The van der Waals surface area contributed by atoms with Crippen molar-refractivity contribution in [2.24, 2.45) is 0 Å². The van der Waals surface area contributed by atoms with E-state index in [1.165, 1.54) is 26.1 Å². The van der Waals surface area contributed by atoms with E-state index in [0.29, 0.717) is 26.3 Å². The van der Waals surface area contributed by atoms with Crippen LogP contribution in [-0.4, -0.2) is 75.5 Å². The SMILES string of the molecule is CC(OC(=O)CCCN(C)S(=O)(=O)c1ccc(F)cc1)C(=O)N1CCOCC1. The van der Waals surface area contributed by atoms with Gasteiger partial charge in [-0.1, -0.05) is 0 Å². The molecule has 1 aliphatic heterocycles. The molecule has 8 nitrogen and oxygen atoms in total. The lowest BCUT2D eigenvalue weighted by atomic mass is 10.3. The number of amides is 1. The van der Waals surface area contributed by atoms with Crippen molar-refractivity contribution in [1.29, 1.82) is 0 Å². The van der Waals surface area contributed by atoms with Gasteiger partial charge in [-0.15, -0.1) is 0 Å². The van der Waals surface area contributed by atoms with E-state index in [9.17, 15) is 22.4 Å². The largest absolute Gasteiger partial charge is 0.453 e. The molecule has 156 valence electrons. The molecule has 1 aromatic carbocycles. The summed E-state index contributed by atoms with van der Waals surface area (Å²) in [6.07, 6.45) is -0.690. The van der Waals surface area contributed by atoms with Crippen molar-refractivity contribution in [3.8, 4) is 0 Å². The molecule has 1 atom stereocenters. The third-order valence-electron chi connectivity index (χ3n) is 4.35. The summed E-state index contributed by atoms with van der Waals surface area (Å²) in [4.78, 5) is 25.7. The maximum atomic E-state index is 13.0. The van der Waals surface area contributed by atoms with Crippen LogP contribution in [0.5, 0.6) is 0 Å². The summed E-state index contributed by atoms with van der Waals surface area (Å²) in [7, 11) is -2.38. The van der Waals surface area contributed by atoms with Crippen LogP contribution < -0.4 is 0 Å². The highest BCUT2D eigenvalue weighted by atomic mass is 32.2. The molecule has 0 aliphatic carbocycles. The number of halogens is 1. The van der Waals surface area contributed by atoms with E-state index in [4.69, 9.17) is 9.47 Å². The van der Waals surface area contributed by atoms with Crippen LogP contribution in [0.25, 0.3) is 0 Å². The fourth-order valence-corrected chi connectivity index (χ4v) is 3.91. The molecular formula is C18H25FN2O6S. The van der Waals surface area contributed by atoms with E-state index in [-0.39, 0.29) is 30.2 Å². The number of ether oxygens (including phenoxy) is 2. The van der Waals surface area contributed by atoms with Crippen LogP contribution >= 0.6 is 0 Å². The molecule has 1 fully saturated rings. The number of rotatable bonds is 8. The minimum atomic E-state index is -3.76. The lowest BCUT2D eigenvalue weighted by molar-refractivity contribution is -0.161. The number of carbonyl (C=O) groups excluding carboxylic acids is 2. The number of esters is 1. The van der Waals surface area contributed by atoms with Gasteiger partial charge in [0.05, 0.1) is 18.1 Å². The Bertz CT molecular complexity index is 778. The zero-order valence-corrected chi connectivity index (χ0v) is 16.8. The standard InChI is InChI=1S/C18H25FN2O6S/c1-14(18(23)21-10-12-26-13-11-21)27-17(22)4-3-9-20(2)28(24,25)16-7-5-15(19)6-8-16/h5-8,14H,3-4,9-13H2,1-2H3. The van der Waals surface area contributed by atoms with Gasteiger partial charge in [0.1, 0.15) is 5.82 Å². The molecule has 2 rings (SSSR count). The summed E-state index contributed by atoms with van der Waals surface area (Å²) in [5.41, 5.74) is 0. The van der Waals surface area contributed by atoms with Crippen molar-refractivity contribution in [1.82, 2.24) is 9.21 Å². The van der Waals surface area contributed by atoms with Crippen molar-refractivity contribution in [2.45, 2.75) is 30.8 Å². The summed E-state index contributed by atoms with van der Waals surface area (Å²) >= 11 is 0. The normalized spacial score (nSPS) is 16.1. The topological polar surface area (TPSA) is 93.2 Å². The van der Waals surface area contributed by atoms with E-state index in [2.05, 4.69) is 0 Å². The summed E-state index contributed by atoms with van der Waals surface area (Å²) in [5.74, 6) is -1.36. The number of sulfonamides is 1. The third kappa shape index (κ3) is 5.98. The van der Waals surface area contributed by atoms with Gasteiger partial charge in [0.2, 0.25) is 10.0 Å². The van der Waals surface area contributed by atoms with Gasteiger partial charge in [0, 0.05) is 33.1 Å². The fraction of sp³-hybridized carbons (Fsp3) is 0.556. The summed E-state index contributed by atoms with van der Waals surface area (Å²) < 4.78 is 49.2. The maximum Gasteiger partial charge on any atom is 0.306 e. The Labute approximate surface area is 164 Å². The lowest BCUT2D eigenvalue weighted by Crippen LogP contribution is -2.46. The van der Waals surface area contributed by atoms with Crippen LogP contribution in [0.2, 0.25) is 0 Å². The first kappa shape index (κ1) is 22.3. The number of hydrogen-bond donors (Lipinski definition) is 0. The van der Waals surface area contributed by atoms with Crippen molar-refractivity contribution in [2.75, 3.05) is 39.9 Å². The Morgan fingerprint density at radius 2 is 1.86 bits per heavy atom. The summed E-state index contributed by atoms with van der Waals surface area (Å²) in [5, 5.41) is 0. The van der Waals surface area contributed by atoms with Gasteiger partial charge in [-0.2, -0.15) is 0 Å². The predicted octanol–water partition coefficient (Wildman–Crippen LogP) is 1.02. The molecule has 0 spiro atoms. The molecule has 1 saturated heterocycles. The Balaban J connectivity index is 1.77. The highest BCUT2D eigenvalue weighted by Crippen LogP contribution is 2.15. The molecule has 28 heavy (non-hydrogen) atoms. The third-order valence-corrected chi connectivity index (χ3v) is 6.23. The quantitative estimate of drug-likeness (QED) is 0.588. The van der Waals surface area contributed by atoms with Gasteiger partial charge in [0.25, 0.3) is 5.91 Å². The molecule has 1 aromatic rings. The molecule has 0 radical (unpaired) electrons. The Hall–Kier alpha value is -2.04. The van der Waals surface area contributed by atoms with Crippen LogP contribution in [0.3, 0.4) is 0 Å². The average Bonchev–Trinajstić information content (AvgIpc) is 2.68. The van der Waals surface area contributed by atoms with E-state index in [1.54, 1.807) is 4.90 Å². The Kier molecular flexibility index (Phi) is 7.90. The van der Waals surface area contributed by atoms with E-state index in [1.807, 2.05) is 0 Å². The molecule has 1 aliphatic rings. The molecule has 10 heteroatoms. The zero-order chi connectivity index (χ0) is 20.7. The molecule has 0 aromatic heterocycles. The number of carbonyl (C=O) groups is 2. The minimum Gasteiger partial charge on any atom is -0.453 e. The van der Waals surface area contributed by atoms with Crippen molar-refractivity contribution in [3.63, 3.8) is 0 Å². The molecule has 0 N–H and O–H groups in total. The highest BCUT2D eigenvalue weighted by Gasteiger charge is 2.25. The zero-order valence-electron chi connectivity index (χ0n) is 16.0. The van der Waals surface area contributed by atoms with Crippen LogP contribution in [-0.2, 0) is 29.1 Å². The van der Waals surface area contributed by atoms with Crippen LogP contribution in [0.15, 0.2) is 29.2 Å². The number of hydrogen-bond acceptors (Lipinski definition) is 6. The first-order chi connectivity index (χ1) is 13.2. The maximum absolute atomic E-state index is 13.0. The molecule has 1 heterocycles. The van der Waals surface area contributed by atoms with E-state index < -0.39 is 27.9 Å². The second-order valence-electron chi connectivity index (χ2n) is 6.45. The first-order valence-electron chi connectivity index (χ1n) is 8.99. The van der Waals surface area contributed by atoms with Gasteiger partial charge in [-0.3, -0.25) is 9.59 Å². The molecular weight excluding hydrogens is 391 g/mol. The molecule has 0 bridgehead atoms. The second kappa shape index (κ2) is 9.94. The number of nitrogens with zero attached hydrogens (tertiary/aromatic N) is 2. The smallest absolute Gasteiger partial charge is 0.306 e. The fourth-order valence-electron chi connectivity index (χ4n) is 2.70. The van der Waals surface area contributed by atoms with Gasteiger partial charge >= 0.3 is 5.97 Å². The van der Waals surface area contributed by atoms with Crippen molar-refractivity contribution < 1.29 is 31.9 Å². The van der Waals surface area contributed by atoms with Crippen molar-refractivity contribution >= 4 is 21.9 Å². The minimum absolute atomic E-state index is 0.0238. The monoisotopic (exact) mass is 416 g/mol.